The zero-order valence-corrected chi connectivity index (χ0v) is 12.4. The highest BCUT2D eigenvalue weighted by Gasteiger charge is 2.30. The highest BCUT2D eigenvalue weighted by Crippen LogP contribution is 2.24. The van der Waals surface area contributed by atoms with Crippen LogP contribution in [0.25, 0.3) is 0 Å². The molecule has 106 valence electrons. The van der Waals surface area contributed by atoms with Crippen molar-refractivity contribution in [1.82, 2.24) is 4.31 Å². The maximum absolute atomic E-state index is 12.4. The quantitative estimate of drug-likeness (QED) is 0.863. The average molecular weight is 282 g/mol. The normalized spacial score (nSPS) is 25.4. The zero-order chi connectivity index (χ0) is 14.0. The van der Waals surface area contributed by atoms with Crippen LogP contribution in [-0.2, 0) is 15.8 Å². The monoisotopic (exact) mass is 282 g/mol. The Morgan fingerprint density at radius 2 is 1.68 bits per heavy atom. The Morgan fingerprint density at radius 1 is 1.16 bits per heavy atom. The molecule has 1 aliphatic heterocycles. The molecule has 5 heteroatoms. The van der Waals surface area contributed by atoms with Crippen LogP contribution in [0.3, 0.4) is 0 Å². The van der Waals surface area contributed by atoms with Gasteiger partial charge in [-0.3, -0.25) is 0 Å². The minimum Gasteiger partial charge on any atom is -0.399 e. The van der Waals surface area contributed by atoms with Crippen molar-refractivity contribution >= 4 is 15.7 Å². The van der Waals surface area contributed by atoms with Gasteiger partial charge in [0.2, 0.25) is 10.0 Å². The largest absolute Gasteiger partial charge is 0.399 e. The highest BCUT2D eigenvalue weighted by atomic mass is 32.2. The van der Waals surface area contributed by atoms with Crippen molar-refractivity contribution in [3.05, 3.63) is 29.8 Å². The van der Waals surface area contributed by atoms with Gasteiger partial charge in [0, 0.05) is 18.8 Å². The van der Waals surface area contributed by atoms with E-state index in [0.29, 0.717) is 30.6 Å². The predicted molar refractivity (Wildman–Crippen MR) is 78.0 cm³/mol. The lowest BCUT2D eigenvalue weighted by Gasteiger charge is -2.34. The van der Waals surface area contributed by atoms with Gasteiger partial charge in [-0.05, 0) is 36.0 Å². The molecule has 2 atom stereocenters. The molecule has 1 aromatic rings. The van der Waals surface area contributed by atoms with E-state index in [0.717, 1.165) is 12.0 Å². The van der Waals surface area contributed by atoms with Crippen LogP contribution in [0.1, 0.15) is 25.8 Å². The Balaban J connectivity index is 2.11. The molecule has 0 aromatic heterocycles. The third-order valence-corrected chi connectivity index (χ3v) is 5.34. The van der Waals surface area contributed by atoms with Crippen LogP contribution in [0.15, 0.2) is 24.3 Å². The number of nitrogens with two attached hydrogens (primary N) is 1. The molecule has 0 radical (unpaired) electrons. The van der Waals surface area contributed by atoms with Gasteiger partial charge in [-0.1, -0.05) is 26.0 Å². The van der Waals surface area contributed by atoms with Crippen molar-refractivity contribution < 1.29 is 8.42 Å². The van der Waals surface area contributed by atoms with E-state index in [1.807, 2.05) is 0 Å². The Hall–Kier alpha value is -1.07. The lowest BCUT2D eigenvalue weighted by Crippen LogP contribution is -2.43. The number of piperidine rings is 1. The van der Waals surface area contributed by atoms with E-state index >= 15 is 0 Å². The summed E-state index contributed by atoms with van der Waals surface area (Å²) >= 11 is 0. The number of hydrogen-bond donors (Lipinski definition) is 1. The molecule has 0 saturated carbocycles. The van der Waals surface area contributed by atoms with Crippen molar-refractivity contribution in [2.75, 3.05) is 18.8 Å². The topological polar surface area (TPSA) is 63.4 Å². The second-order valence-corrected chi connectivity index (χ2v) is 7.73. The van der Waals surface area contributed by atoms with Crippen LogP contribution in [0.2, 0.25) is 0 Å². The molecule has 1 saturated heterocycles. The molecule has 2 rings (SSSR count). The third-order valence-electron chi connectivity index (χ3n) is 3.56. The Kier molecular flexibility index (Phi) is 4.16. The number of nitrogen functional groups attached to an aromatic ring is 1. The maximum atomic E-state index is 12.4. The second-order valence-electron chi connectivity index (χ2n) is 5.76. The molecule has 1 aliphatic rings. The van der Waals surface area contributed by atoms with Crippen molar-refractivity contribution in [2.45, 2.75) is 26.0 Å². The summed E-state index contributed by atoms with van der Waals surface area (Å²) in [7, 11) is -3.22. The van der Waals surface area contributed by atoms with Crippen LogP contribution in [-0.4, -0.2) is 25.8 Å². The molecule has 4 nitrogen and oxygen atoms in total. The fourth-order valence-corrected chi connectivity index (χ4v) is 4.51. The standard InChI is InChI=1S/C14H22N2O2S/c1-11-7-12(2)9-16(8-11)19(17,18)10-13-3-5-14(15)6-4-13/h3-6,11-12H,7-10,15H2,1-2H3/t11-,12-/m0/s1. The number of sulfonamides is 1. The van der Waals surface area contributed by atoms with Crippen LogP contribution in [0, 0.1) is 11.8 Å². The maximum Gasteiger partial charge on any atom is 0.218 e. The molecular weight excluding hydrogens is 260 g/mol. The van der Waals surface area contributed by atoms with Crippen molar-refractivity contribution in [3.63, 3.8) is 0 Å². The minimum absolute atomic E-state index is 0.0622. The molecule has 2 N–H and O–H groups in total. The number of rotatable bonds is 3. The number of benzene rings is 1. The molecule has 0 amide bonds. The SMILES string of the molecule is C[C@H]1C[C@H](C)CN(S(=O)(=O)Cc2ccc(N)cc2)C1. The van der Waals surface area contributed by atoms with Crippen molar-refractivity contribution in [1.29, 1.82) is 0 Å². The van der Waals surface area contributed by atoms with E-state index in [4.69, 9.17) is 5.73 Å². The van der Waals surface area contributed by atoms with Gasteiger partial charge < -0.3 is 5.73 Å². The Labute approximate surface area is 115 Å². The predicted octanol–water partition coefficient (Wildman–Crippen LogP) is 2.08. The summed E-state index contributed by atoms with van der Waals surface area (Å²) in [4.78, 5) is 0. The minimum atomic E-state index is -3.22. The van der Waals surface area contributed by atoms with E-state index in [2.05, 4.69) is 13.8 Å². The van der Waals surface area contributed by atoms with Crippen LogP contribution < -0.4 is 5.73 Å². The zero-order valence-electron chi connectivity index (χ0n) is 11.5. The lowest BCUT2D eigenvalue weighted by molar-refractivity contribution is 0.222. The smallest absolute Gasteiger partial charge is 0.218 e. The molecule has 0 unspecified atom stereocenters. The first kappa shape index (κ1) is 14.3. The second kappa shape index (κ2) is 5.51. The molecule has 1 aromatic carbocycles. The first-order valence-corrected chi connectivity index (χ1v) is 8.30. The van der Waals surface area contributed by atoms with Crippen molar-refractivity contribution in [3.8, 4) is 0 Å². The molecule has 0 bridgehead atoms. The average Bonchev–Trinajstić information content (AvgIpc) is 2.31. The van der Waals surface area contributed by atoms with Gasteiger partial charge in [0.05, 0.1) is 5.75 Å². The number of nitrogens with zero attached hydrogens (tertiary/aromatic N) is 1. The first-order chi connectivity index (χ1) is 8.87. The van der Waals surface area contributed by atoms with E-state index in [9.17, 15) is 8.42 Å². The van der Waals surface area contributed by atoms with Crippen LogP contribution in [0.5, 0.6) is 0 Å². The number of anilines is 1. The highest BCUT2D eigenvalue weighted by molar-refractivity contribution is 7.88. The molecule has 1 heterocycles. The van der Waals surface area contributed by atoms with Gasteiger partial charge in [-0.15, -0.1) is 0 Å². The van der Waals surface area contributed by atoms with Gasteiger partial charge in [0.15, 0.2) is 0 Å². The summed E-state index contributed by atoms with van der Waals surface area (Å²) < 4.78 is 26.5. The summed E-state index contributed by atoms with van der Waals surface area (Å²) in [6.45, 7) is 5.51. The Morgan fingerprint density at radius 3 is 2.21 bits per heavy atom. The van der Waals surface area contributed by atoms with E-state index < -0.39 is 10.0 Å². The molecular formula is C14H22N2O2S. The summed E-state index contributed by atoms with van der Waals surface area (Å²) in [5.74, 6) is 0.932. The number of hydrogen-bond acceptors (Lipinski definition) is 3. The lowest BCUT2D eigenvalue weighted by atomic mass is 9.94. The van der Waals surface area contributed by atoms with Gasteiger partial charge in [-0.2, -0.15) is 0 Å². The summed E-state index contributed by atoms with van der Waals surface area (Å²) in [5, 5.41) is 0. The van der Waals surface area contributed by atoms with E-state index in [1.54, 1.807) is 28.6 Å². The fourth-order valence-electron chi connectivity index (χ4n) is 2.75. The Bertz CT molecular complexity index is 515. The van der Waals surface area contributed by atoms with E-state index in [-0.39, 0.29) is 5.75 Å². The molecule has 19 heavy (non-hydrogen) atoms. The summed E-state index contributed by atoms with van der Waals surface area (Å²) in [6.07, 6.45) is 1.11. The molecule has 0 spiro atoms. The summed E-state index contributed by atoms with van der Waals surface area (Å²) in [5.41, 5.74) is 7.06. The van der Waals surface area contributed by atoms with Gasteiger partial charge >= 0.3 is 0 Å². The molecule has 0 aliphatic carbocycles. The first-order valence-electron chi connectivity index (χ1n) is 6.69. The van der Waals surface area contributed by atoms with Gasteiger partial charge in [-0.25, -0.2) is 12.7 Å². The van der Waals surface area contributed by atoms with E-state index in [1.165, 1.54) is 0 Å². The third kappa shape index (κ3) is 3.70. The van der Waals surface area contributed by atoms with Gasteiger partial charge in [0.25, 0.3) is 0 Å². The van der Waals surface area contributed by atoms with Crippen LogP contribution in [0.4, 0.5) is 5.69 Å². The van der Waals surface area contributed by atoms with Crippen LogP contribution >= 0.6 is 0 Å². The fraction of sp³-hybridized carbons (Fsp3) is 0.571. The van der Waals surface area contributed by atoms with Crippen molar-refractivity contribution in [2.24, 2.45) is 11.8 Å². The molecule has 1 fully saturated rings. The summed E-state index contributed by atoms with van der Waals surface area (Å²) in [6, 6.07) is 7.05. The van der Waals surface area contributed by atoms with Gasteiger partial charge in [0.1, 0.15) is 0 Å².